The second-order valence-corrected chi connectivity index (χ2v) is 5.53. The second-order valence-electron chi connectivity index (χ2n) is 5.53. The summed E-state index contributed by atoms with van der Waals surface area (Å²) in [5, 5.41) is 0. The van der Waals surface area contributed by atoms with E-state index in [0.29, 0.717) is 5.75 Å². The first-order valence-corrected chi connectivity index (χ1v) is 6.15. The third kappa shape index (κ3) is 4.42. The molecule has 0 fully saturated rings. The van der Waals surface area contributed by atoms with Crippen molar-refractivity contribution in [1.82, 2.24) is 0 Å². The van der Waals surface area contributed by atoms with Crippen molar-refractivity contribution in [2.24, 2.45) is 11.7 Å². The van der Waals surface area contributed by atoms with Crippen LogP contribution in [0.5, 0.6) is 5.75 Å². The van der Waals surface area contributed by atoms with E-state index in [9.17, 15) is 13.2 Å². The van der Waals surface area contributed by atoms with Gasteiger partial charge in [-0.15, -0.1) is 0 Å². The van der Waals surface area contributed by atoms with Crippen LogP contribution in [0.25, 0.3) is 0 Å². The summed E-state index contributed by atoms with van der Waals surface area (Å²) >= 11 is 0. The van der Waals surface area contributed by atoms with Crippen LogP contribution in [0.1, 0.15) is 26.3 Å². The monoisotopic (exact) mass is 275 g/mol. The predicted octanol–water partition coefficient (Wildman–Crippen LogP) is 3.50. The van der Waals surface area contributed by atoms with Crippen molar-refractivity contribution in [3.8, 4) is 5.75 Å². The third-order valence-corrected chi connectivity index (χ3v) is 2.88. The molecule has 1 aromatic rings. The number of nitrogens with two attached hydrogens (primary N) is 1. The maximum absolute atomic E-state index is 12.6. The van der Waals surface area contributed by atoms with Crippen LogP contribution in [0.2, 0.25) is 0 Å². The molecule has 0 saturated carbocycles. The van der Waals surface area contributed by atoms with E-state index in [1.165, 1.54) is 0 Å². The van der Waals surface area contributed by atoms with Gasteiger partial charge in [0.25, 0.3) is 0 Å². The highest BCUT2D eigenvalue weighted by atomic mass is 19.4. The van der Waals surface area contributed by atoms with Gasteiger partial charge < -0.3 is 10.5 Å². The van der Waals surface area contributed by atoms with Gasteiger partial charge in [0.15, 0.2) is 0 Å². The Kier molecular flexibility index (Phi) is 4.85. The van der Waals surface area contributed by atoms with Crippen LogP contribution >= 0.6 is 0 Å². The van der Waals surface area contributed by atoms with Crippen LogP contribution < -0.4 is 10.5 Å². The van der Waals surface area contributed by atoms with E-state index in [1.54, 1.807) is 12.1 Å². The predicted molar refractivity (Wildman–Crippen MR) is 69.2 cm³/mol. The summed E-state index contributed by atoms with van der Waals surface area (Å²) in [4.78, 5) is 0. The van der Waals surface area contributed by atoms with Crippen molar-refractivity contribution in [3.05, 3.63) is 29.8 Å². The van der Waals surface area contributed by atoms with E-state index >= 15 is 0 Å². The highest BCUT2D eigenvalue weighted by Gasteiger charge is 2.39. The molecular formula is C14H20F3NO. The maximum Gasteiger partial charge on any atom is 0.396 e. The Hall–Kier alpha value is -1.23. The van der Waals surface area contributed by atoms with Crippen molar-refractivity contribution >= 4 is 0 Å². The van der Waals surface area contributed by atoms with Crippen LogP contribution in [0.4, 0.5) is 13.2 Å². The van der Waals surface area contributed by atoms with Gasteiger partial charge in [-0.25, -0.2) is 0 Å². The molecule has 2 N–H and O–H groups in total. The molecule has 0 bridgehead atoms. The zero-order valence-corrected chi connectivity index (χ0v) is 11.4. The van der Waals surface area contributed by atoms with E-state index in [2.05, 4.69) is 0 Å². The summed E-state index contributed by atoms with van der Waals surface area (Å²) in [6.07, 6.45) is -4.33. The van der Waals surface area contributed by atoms with Crippen molar-refractivity contribution in [2.45, 2.75) is 32.4 Å². The Morgan fingerprint density at radius 2 is 1.74 bits per heavy atom. The highest BCUT2D eigenvalue weighted by molar-refractivity contribution is 5.38. The van der Waals surface area contributed by atoms with E-state index in [-0.39, 0.29) is 5.41 Å². The number of para-hydroxylation sites is 1. The molecule has 0 spiro atoms. The first-order valence-electron chi connectivity index (χ1n) is 6.15. The molecule has 1 aromatic carbocycles. The van der Waals surface area contributed by atoms with Gasteiger partial charge >= 0.3 is 6.18 Å². The molecule has 1 rings (SSSR count). The number of hydrogen-bond donors (Lipinski definition) is 1. The van der Waals surface area contributed by atoms with Crippen molar-refractivity contribution in [1.29, 1.82) is 0 Å². The summed E-state index contributed by atoms with van der Waals surface area (Å²) in [5.41, 5.74) is 5.84. The van der Waals surface area contributed by atoms with Crippen LogP contribution in [-0.4, -0.2) is 19.3 Å². The van der Waals surface area contributed by atoms with E-state index in [0.717, 1.165) is 5.56 Å². The van der Waals surface area contributed by atoms with Crippen LogP contribution in [0.15, 0.2) is 24.3 Å². The van der Waals surface area contributed by atoms with Gasteiger partial charge in [-0.05, 0) is 17.0 Å². The van der Waals surface area contributed by atoms with Crippen molar-refractivity contribution in [2.75, 3.05) is 13.2 Å². The maximum atomic E-state index is 12.6. The zero-order valence-electron chi connectivity index (χ0n) is 11.4. The second kappa shape index (κ2) is 5.82. The molecule has 0 aliphatic heterocycles. The first-order chi connectivity index (χ1) is 8.66. The van der Waals surface area contributed by atoms with Gasteiger partial charge in [-0.3, -0.25) is 0 Å². The summed E-state index contributed by atoms with van der Waals surface area (Å²) in [7, 11) is 0. The minimum absolute atomic E-state index is 0.187. The molecule has 2 nitrogen and oxygen atoms in total. The molecular weight excluding hydrogens is 255 g/mol. The third-order valence-electron chi connectivity index (χ3n) is 2.88. The number of benzene rings is 1. The fraction of sp³-hybridized carbons (Fsp3) is 0.571. The van der Waals surface area contributed by atoms with Crippen molar-refractivity contribution < 1.29 is 17.9 Å². The standard InChI is InChI=1S/C14H20F3NO/c1-13(2,3)11-6-4-5-7-12(11)19-9-10(8-18)14(15,16)17/h4-7,10H,8-9,18H2,1-3H3. The topological polar surface area (TPSA) is 35.2 Å². The summed E-state index contributed by atoms with van der Waals surface area (Å²) < 4.78 is 43.1. The minimum Gasteiger partial charge on any atom is -0.493 e. The van der Waals surface area contributed by atoms with Gasteiger partial charge in [0.1, 0.15) is 18.3 Å². The Bertz CT molecular complexity index is 410. The van der Waals surface area contributed by atoms with Crippen molar-refractivity contribution in [3.63, 3.8) is 0 Å². The average Bonchev–Trinajstić information content (AvgIpc) is 2.27. The van der Waals surface area contributed by atoms with Gasteiger partial charge in [0, 0.05) is 6.54 Å². The van der Waals surface area contributed by atoms with E-state index in [4.69, 9.17) is 10.5 Å². The summed E-state index contributed by atoms with van der Waals surface area (Å²) in [6, 6.07) is 7.14. The molecule has 0 radical (unpaired) electrons. The van der Waals surface area contributed by atoms with E-state index < -0.39 is 25.2 Å². The molecule has 0 amide bonds. The molecule has 19 heavy (non-hydrogen) atoms. The number of halogens is 3. The minimum atomic E-state index is -4.33. The Labute approximate surface area is 111 Å². The Balaban J connectivity index is 2.84. The molecule has 1 atom stereocenters. The molecule has 0 aliphatic rings. The zero-order chi connectivity index (χ0) is 14.7. The van der Waals surface area contributed by atoms with E-state index in [1.807, 2.05) is 32.9 Å². The largest absolute Gasteiger partial charge is 0.493 e. The lowest BCUT2D eigenvalue weighted by Gasteiger charge is -2.24. The molecule has 0 aromatic heterocycles. The smallest absolute Gasteiger partial charge is 0.396 e. The normalized spacial score (nSPS) is 14.3. The quantitative estimate of drug-likeness (QED) is 0.912. The Morgan fingerprint density at radius 1 is 1.16 bits per heavy atom. The van der Waals surface area contributed by atoms with Gasteiger partial charge in [0.2, 0.25) is 0 Å². The molecule has 5 heteroatoms. The first kappa shape index (κ1) is 15.8. The van der Waals surface area contributed by atoms with Gasteiger partial charge in [-0.2, -0.15) is 13.2 Å². The fourth-order valence-electron chi connectivity index (χ4n) is 1.70. The van der Waals surface area contributed by atoms with Gasteiger partial charge in [0.05, 0.1) is 0 Å². The average molecular weight is 275 g/mol. The highest BCUT2D eigenvalue weighted by Crippen LogP contribution is 2.32. The number of hydrogen-bond acceptors (Lipinski definition) is 2. The van der Waals surface area contributed by atoms with Crippen LogP contribution in [0, 0.1) is 5.92 Å². The van der Waals surface area contributed by atoms with Crippen LogP contribution in [0.3, 0.4) is 0 Å². The fourth-order valence-corrected chi connectivity index (χ4v) is 1.70. The SMILES string of the molecule is CC(C)(C)c1ccccc1OCC(CN)C(F)(F)F. The number of alkyl halides is 3. The lowest BCUT2D eigenvalue weighted by atomic mass is 9.86. The molecule has 0 heterocycles. The van der Waals surface area contributed by atoms with Crippen LogP contribution in [-0.2, 0) is 5.41 Å². The lowest BCUT2D eigenvalue weighted by molar-refractivity contribution is -0.178. The number of ether oxygens (including phenoxy) is 1. The molecule has 108 valence electrons. The summed E-state index contributed by atoms with van der Waals surface area (Å²) in [5.74, 6) is -1.15. The summed E-state index contributed by atoms with van der Waals surface area (Å²) in [6.45, 7) is 5.03. The molecule has 0 aliphatic carbocycles. The Morgan fingerprint density at radius 3 is 2.21 bits per heavy atom. The number of rotatable bonds is 4. The van der Waals surface area contributed by atoms with Gasteiger partial charge in [-0.1, -0.05) is 39.0 Å². The molecule has 1 unspecified atom stereocenters. The lowest BCUT2D eigenvalue weighted by Crippen LogP contribution is -2.35. The molecule has 0 saturated heterocycles.